The fraction of sp³-hybridized carbons (Fsp3) is 0.643. The lowest BCUT2D eigenvalue weighted by atomic mass is 10.1. The maximum atomic E-state index is 12.4. The SMILES string of the molecule is CCC(CC)N1C(=O)CC(Nc2cnn(CC)c2)C1=O. The number of anilines is 1. The third-order valence-corrected chi connectivity index (χ3v) is 3.79. The highest BCUT2D eigenvalue weighted by molar-refractivity contribution is 6.07. The highest BCUT2D eigenvalue weighted by Gasteiger charge is 2.41. The van der Waals surface area contributed by atoms with E-state index in [1.165, 1.54) is 4.90 Å². The topological polar surface area (TPSA) is 67.2 Å². The first-order valence-electron chi connectivity index (χ1n) is 7.25. The van der Waals surface area contributed by atoms with Crippen LogP contribution < -0.4 is 5.32 Å². The molecule has 1 aliphatic heterocycles. The van der Waals surface area contributed by atoms with Gasteiger partial charge in [0.25, 0.3) is 5.91 Å². The second-order valence-corrected chi connectivity index (χ2v) is 5.06. The molecule has 1 atom stereocenters. The molecule has 0 bridgehead atoms. The summed E-state index contributed by atoms with van der Waals surface area (Å²) in [5.41, 5.74) is 0.782. The van der Waals surface area contributed by atoms with Gasteiger partial charge in [0, 0.05) is 18.8 Å². The van der Waals surface area contributed by atoms with Gasteiger partial charge in [-0.05, 0) is 19.8 Å². The summed E-state index contributed by atoms with van der Waals surface area (Å²) in [5.74, 6) is -0.197. The molecule has 2 rings (SSSR count). The Labute approximate surface area is 119 Å². The van der Waals surface area contributed by atoms with Crippen LogP contribution in [-0.4, -0.2) is 38.6 Å². The molecule has 110 valence electrons. The third-order valence-electron chi connectivity index (χ3n) is 3.79. The minimum atomic E-state index is -0.461. The smallest absolute Gasteiger partial charge is 0.252 e. The summed E-state index contributed by atoms with van der Waals surface area (Å²) >= 11 is 0. The van der Waals surface area contributed by atoms with E-state index < -0.39 is 6.04 Å². The van der Waals surface area contributed by atoms with Crippen molar-refractivity contribution in [1.82, 2.24) is 14.7 Å². The molecule has 1 aromatic rings. The molecule has 0 aromatic carbocycles. The first-order valence-corrected chi connectivity index (χ1v) is 7.25. The van der Waals surface area contributed by atoms with Crippen molar-refractivity contribution in [2.24, 2.45) is 0 Å². The fourth-order valence-corrected chi connectivity index (χ4v) is 2.61. The second kappa shape index (κ2) is 6.07. The molecule has 1 aliphatic rings. The van der Waals surface area contributed by atoms with Crippen molar-refractivity contribution < 1.29 is 9.59 Å². The average molecular weight is 278 g/mol. The van der Waals surface area contributed by atoms with E-state index in [4.69, 9.17) is 0 Å². The lowest BCUT2D eigenvalue weighted by molar-refractivity contribution is -0.141. The minimum absolute atomic E-state index is 0.0140. The van der Waals surface area contributed by atoms with E-state index in [2.05, 4.69) is 10.4 Å². The van der Waals surface area contributed by atoms with Gasteiger partial charge in [0.05, 0.1) is 18.3 Å². The largest absolute Gasteiger partial charge is 0.371 e. The highest BCUT2D eigenvalue weighted by atomic mass is 16.2. The molecule has 0 saturated carbocycles. The van der Waals surface area contributed by atoms with Crippen molar-refractivity contribution in [2.75, 3.05) is 5.32 Å². The zero-order chi connectivity index (χ0) is 14.7. The summed E-state index contributed by atoms with van der Waals surface area (Å²) in [5, 5.41) is 7.27. The second-order valence-electron chi connectivity index (χ2n) is 5.06. The van der Waals surface area contributed by atoms with Crippen molar-refractivity contribution in [3.05, 3.63) is 12.4 Å². The Hall–Kier alpha value is -1.85. The van der Waals surface area contributed by atoms with E-state index in [0.717, 1.165) is 25.1 Å². The number of rotatable bonds is 6. The molecule has 2 amide bonds. The van der Waals surface area contributed by atoms with E-state index in [0.29, 0.717) is 0 Å². The molecule has 6 nitrogen and oxygen atoms in total. The number of likely N-dealkylation sites (tertiary alicyclic amines) is 1. The number of imide groups is 1. The van der Waals surface area contributed by atoms with Crippen LogP contribution in [0.1, 0.15) is 40.0 Å². The molecule has 0 aliphatic carbocycles. The van der Waals surface area contributed by atoms with Crippen LogP contribution in [0.2, 0.25) is 0 Å². The van der Waals surface area contributed by atoms with Crippen molar-refractivity contribution in [3.63, 3.8) is 0 Å². The third kappa shape index (κ3) is 2.69. The molecule has 1 unspecified atom stereocenters. The summed E-state index contributed by atoms with van der Waals surface area (Å²) in [6, 6.07) is -0.447. The Bertz CT molecular complexity index is 493. The number of nitrogens with zero attached hydrogens (tertiary/aromatic N) is 3. The van der Waals surface area contributed by atoms with Crippen molar-refractivity contribution in [3.8, 4) is 0 Å². The Morgan fingerprint density at radius 2 is 2.05 bits per heavy atom. The number of carbonyl (C=O) groups is 2. The van der Waals surface area contributed by atoms with Gasteiger partial charge < -0.3 is 5.32 Å². The number of aryl methyl sites for hydroxylation is 1. The van der Waals surface area contributed by atoms with E-state index in [9.17, 15) is 9.59 Å². The van der Waals surface area contributed by atoms with Crippen molar-refractivity contribution >= 4 is 17.5 Å². The standard InChI is InChI=1S/C14H22N4O2/c1-4-11(5-2)18-13(19)7-12(14(18)20)16-10-8-15-17(6-3)9-10/h8-9,11-12,16H,4-7H2,1-3H3. The van der Waals surface area contributed by atoms with Crippen LogP contribution in [0.25, 0.3) is 0 Å². The number of amides is 2. The number of aromatic nitrogens is 2. The number of nitrogens with one attached hydrogen (secondary N) is 1. The molecule has 0 radical (unpaired) electrons. The molecule has 1 aromatic heterocycles. The Kier molecular flexibility index (Phi) is 4.42. The van der Waals surface area contributed by atoms with Gasteiger partial charge in [0.15, 0.2) is 0 Å². The maximum absolute atomic E-state index is 12.4. The first-order chi connectivity index (χ1) is 9.60. The van der Waals surface area contributed by atoms with Crippen LogP contribution in [0.15, 0.2) is 12.4 Å². The monoisotopic (exact) mass is 278 g/mol. The molecule has 2 heterocycles. The van der Waals surface area contributed by atoms with Crippen LogP contribution in [0, 0.1) is 0 Å². The maximum Gasteiger partial charge on any atom is 0.252 e. The summed E-state index contributed by atoms with van der Waals surface area (Å²) in [4.78, 5) is 25.9. The Morgan fingerprint density at radius 3 is 2.60 bits per heavy atom. The van der Waals surface area contributed by atoms with Crippen LogP contribution in [0.3, 0.4) is 0 Å². The molecular weight excluding hydrogens is 256 g/mol. The van der Waals surface area contributed by atoms with Gasteiger partial charge in [-0.3, -0.25) is 19.2 Å². The Balaban J connectivity index is 2.07. The first kappa shape index (κ1) is 14.6. The summed E-state index contributed by atoms with van der Waals surface area (Å²) < 4.78 is 1.78. The predicted molar refractivity (Wildman–Crippen MR) is 76.2 cm³/mol. The van der Waals surface area contributed by atoms with Crippen LogP contribution in [0.4, 0.5) is 5.69 Å². The predicted octanol–water partition coefficient (Wildman–Crippen LogP) is 1.63. The lowest BCUT2D eigenvalue weighted by Gasteiger charge is -2.24. The molecule has 1 saturated heterocycles. The van der Waals surface area contributed by atoms with Crippen molar-refractivity contribution in [2.45, 2.75) is 58.7 Å². The van der Waals surface area contributed by atoms with E-state index in [1.807, 2.05) is 27.0 Å². The molecular formula is C14H22N4O2. The van der Waals surface area contributed by atoms with Gasteiger partial charge in [0.1, 0.15) is 6.04 Å². The van der Waals surface area contributed by atoms with Crippen LogP contribution in [0.5, 0.6) is 0 Å². The van der Waals surface area contributed by atoms with Gasteiger partial charge in [-0.15, -0.1) is 0 Å². The summed E-state index contributed by atoms with van der Waals surface area (Å²) in [6.45, 7) is 6.77. The average Bonchev–Trinajstić information content (AvgIpc) is 3.00. The molecule has 20 heavy (non-hydrogen) atoms. The van der Waals surface area contributed by atoms with E-state index in [-0.39, 0.29) is 24.3 Å². The summed E-state index contributed by atoms with van der Waals surface area (Å²) in [7, 11) is 0. The number of hydrogen-bond acceptors (Lipinski definition) is 4. The minimum Gasteiger partial charge on any atom is -0.371 e. The molecule has 6 heteroatoms. The van der Waals surface area contributed by atoms with Crippen LogP contribution in [-0.2, 0) is 16.1 Å². The fourth-order valence-electron chi connectivity index (χ4n) is 2.61. The van der Waals surface area contributed by atoms with Gasteiger partial charge in [-0.1, -0.05) is 13.8 Å². The van der Waals surface area contributed by atoms with E-state index in [1.54, 1.807) is 10.9 Å². The lowest BCUT2D eigenvalue weighted by Crippen LogP contribution is -2.41. The van der Waals surface area contributed by atoms with Gasteiger partial charge >= 0.3 is 0 Å². The number of carbonyl (C=O) groups excluding carboxylic acids is 2. The van der Waals surface area contributed by atoms with Gasteiger partial charge in [-0.25, -0.2) is 0 Å². The van der Waals surface area contributed by atoms with Crippen molar-refractivity contribution in [1.29, 1.82) is 0 Å². The zero-order valence-corrected chi connectivity index (χ0v) is 12.3. The zero-order valence-electron chi connectivity index (χ0n) is 12.3. The quantitative estimate of drug-likeness (QED) is 0.803. The normalized spacial score (nSPS) is 19.2. The number of hydrogen-bond donors (Lipinski definition) is 1. The molecule has 0 spiro atoms. The molecule has 1 N–H and O–H groups in total. The molecule has 1 fully saturated rings. The highest BCUT2D eigenvalue weighted by Crippen LogP contribution is 2.22. The van der Waals surface area contributed by atoms with Gasteiger partial charge in [-0.2, -0.15) is 5.10 Å². The van der Waals surface area contributed by atoms with Crippen LogP contribution >= 0.6 is 0 Å². The van der Waals surface area contributed by atoms with Gasteiger partial charge in [0.2, 0.25) is 5.91 Å². The van der Waals surface area contributed by atoms with E-state index >= 15 is 0 Å². The Morgan fingerprint density at radius 1 is 1.35 bits per heavy atom. The summed E-state index contributed by atoms with van der Waals surface area (Å²) in [6.07, 6.45) is 5.36.